The highest BCUT2D eigenvalue weighted by molar-refractivity contribution is 5.62. The standard InChI is InChI=1S/C17H17F3N4O/c1-11(2)3-6-23-7-4-12(9-15(23)25)14-5-8-24-16(22-14)13(10-21-24)17(18,19)20/h4-5,7-11H,3,6H2,1-2H3. The second-order valence-electron chi connectivity index (χ2n) is 6.27. The lowest BCUT2D eigenvalue weighted by Crippen LogP contribution is -2.19. The molecule has 0 unspecified atom stereocenters. The summed E-state index contributed by atoms with van der Waals surface area (Å²) in [5, 5.41) is 3.66. The molecule has 0 bridgehead atoms. The fourth-order valence-electron chi connectivity index (χ4n) is 2.48. The van der Waals surface area contributed by atoms with Crippen molar-refractivity contribution < 1.29 is 13.2 Å². The summed E-state index contributed by atoms with van der Waals surface area (Å²) in [5.41, 5.74) is -0.618. The molecule has 0 atom stereocenters. The molecule has 8 heteroatoms. The van der Waals surface area contributed by atoms with Crippen molar-refractivity contribution in [2.75, 3.05) is 0 Å². The van der Waals surface area contributed by atoms with Gasteiger partial charge < -0.3 is 4.57 Å². The van der Waals surface area contributed by atoms with E-state index in [1.165, 1.54) is 18.3 Å². The number of aryl methyl sites for hydroxylation is 1. The number of hydrogen-bond donors (Lipinski definition) is 0. The Morgan fingerprint density at radius 1 is 1.20 bits per heavy atom. The van der Waals surface area contributed by atoms with Crippen molar-refractivity contribution in [3.05, 3.63) is 52.7 Å². The summed E-state index contributed by atoms with van der Waals surface area (Å²) in [6, 6.07) is 4.61. The van der Waals surface area contributed by atoms with E-state index in [0.29, 0.717) is 23.7 Å². The minimum atomic E-state index is -4.53. The van der Waals surface area contributed by atoms with Crippen LogP contribution >= 0.6 is 0 Å². The van der Waals surface area contributed by atoms with Gasteiger partial charge in [0.2, 0.25) is 0 Å². The summed E-state index contributed by atoms with van der Waals surface area (Å²) in [6.45, 7) is 4.74. The summed E-state index contributed by atoms with van der Waals surface area (Å²) >= 11 is 0. The third kappa shape index (κ3) is 3.57. The molecule has 0 aliphatic carbocycles. The van der Waals surface area contributed by atoms with Crippen LogP contribution in [0.4, 0.5) is 13.2 Å². The maximum Gasteiger partial charge on any atom is 0.421 e. The second kappa shape index (κ2) is 6.34. The van der Waals surface area contributed by atoms with Crippen molar-refractivity contribution in [3.63, 3.8) is 0 Å². The molecule has 3 heterocycles. The van der Waals surface area contributed by atoms with Crippen molar-refractivity contribution in [2.24, 2.45) is 5.92 Å². The zero-order valence-corrected chi connectivity index (χ0v) is 13.8. The zero-order chi connectivity index (χ0) is 18.2. The Morgan fingerprint density at radius 2 is 1.96 bits per heavy atom. The van der Waals surface area contributed by atoms with E-state index in [-0.39, 0.29) is 11.2 Å². The maximum atomic E-state index is 13.0. The molecule has 0 saturated heterocycles. The Kier molecular flexibility index (Phi) is 4.36. The largest absolute Gasteiger partial charge is 0.421 e. The number of rotatable bonds is 4. The molecule has 0 aliphatic heterocycles. The summed E-state index contributed by atoms with van der Waals surface area (Å²) in [7, 11) is 0. The van der Waals surface area contributed by atoms with Gasteiger partial charge in [-0.2, -0.15) is 18.3 Å². The molecule has 0 radical (unpaired) electrons. The lowest BCUT2D eigenvalue weighted by molar-refractivity contribution is -0.136. The first-order chi connectivity index (χ1) is 11.8. The molecule has 0 fully saturated rings. The summed E-state index contributed by atoms with van der Waals surface area (Å²) in [4.78, 5) is 16.3. The number of halogens is 3. The van der Waals surface area contributed by atoms with Crippen LogP contribution < -0.4 is 5.56 Å². The van der Waals surface area contributed by atoms with Crippen LogP contribution in [0.2, 0.25) is 0 Å². The Balaban J connectivity index is 1.99. The van der Waals surface area contributed by atoms with Gasteiger partial charge in [-0.25, -0.2) is 9.50 Å². The average Bonchev–Trinajstić information content (AvgIpc) is 2.96. The Morgan fingerprint density at radius 3 is 2.60 bits per heavy atom. The van der Waals surface area contributed by atoms with Gasteiger partial charge in [-0.3, -0.25) is 4.79 Å². The van der Waals surface area contributed by atoms with Gasteiger partial charge in [0.25, 0.3) is 5.56 Å². The van der Waals surface area contributed by atoms with E-state index in [4.69, 9.17) is 0 Å². The molecular weight excluding hydrogens is 333 g/mol. The van der Waals surface area contributed by atoms with E-state index in [9.17, 15) is 18.0 Å². The maximum absolute atomic E-state index is 13.0. The third-order valence-electron chi connectivity index (χ3n) is 3.91. The highest BCUT2D eigenvalue weighted by atomic mass is 19.4. The molecule has 3 rings (SSSR count). The molecule has 5 nitrogen and oxygen atoms in total. The first-order valence-corrected chi connectivity index (χ1v) is 7.88. The minimum absolute atomic E-state index is 0.204. The van der Waals surface area contributed by atoms with Crippen LogP contribution in [0.3, 0.4) is 0 Å². The summed E-state index contributed by atoms with van der Waals surface area (Å²) in [6.07, 6.45) is 0.127. The normalized spacial score (nSPS) is 12.2. The Labute approximate surface area is 141 Å². The fraction of sp³-hybridized carbons (Fsp3) is 0.353. The molecule has 3 aromatic heterocycles. The van der Waals surface area contributed by atoms with Crippen LogP contribution in [0.1, 0.15) is 25.8 Å². The van der Waals surface area contributed by atoms with Gasteiger partial charge in [0.1, 0.15) is 5.56 Å². The van der Waals surface area contributed by atoms with E-state index in [1.807, 2.05) is 0 Å². The van der Waals surface area contributed by atoms with Gasteiger partial charge in [-0.15, -0.1) is 0 Å². The number of pyridine rings is 1. The SMILES string of the molecule is CC(C)CCn1ccc(-c2ccn3ncc(C(F)(F)F)c3n2)cc1=O. The molecule has 0 saturated carbocycles. The Hall–Kier alpha value is -2.64. The predicted octanol–water partition coefficient (Wildman–Crippen LogP) is 3.62. The van der Waals surface area contributed by atoms with E-state index in [0.717, 1.165) is 17.1 Å². The molecule has 25 heavy (non-hydrogen) atoms. The molecule has 0 spiro atoms. The second-order valence-corrected chi connectivity index (χ2v) is 6.27. The third-order valence-corrected chi connectivity index (χ3v) is 3.91. The monoisotopic (exact) mass is 350 g/mol. The van der Waals surface area contributed by atoms with E-state index in [2.05, 4.69) is 23.9 Å². The van der Waals surface area contributed by atoms with Crippen LogP contribution in [-0.4, -0.2) is 19.2 Å². The van der Waals surface area contributed by atoms with Gasteiger partial charge >= 0.3 is 6.18 Å². The van der Waals surface area contributed by atoms with Crippen LogP contribution in [-0.2, 0) is 12.7 Å². The molecule has 3 aromatic rings. The number of aromatic nitrogens is 4. The number of fused-ring (bicyclic) bond motifs is 1. The highest BCUT2D eigenvalue weighted by Crippen LogP contribution is 2.32. The molecule has 0 amide bonds. The predicted molar refractivity (Wildman–Crippen MR) is 87.1 cm³/mol. The highest BCUT2D eigenvalue weighted by Gasteiger charge is 2.35. The molecule has 0 aliphatic rings. The van der Waals surface area contributed by atoms with E-state index in [1.54, 1.807) is 16.8 Å². The van der Waals surface area contributed by atoms with Crippen LogP contribution in [0.25, 0.3) is 16.9 Å². The zero-order valence-electron chi connectivity index (χ0n) is 13.8. The molecule has 0 aromatic carbocycles. The minimum Gasteiger partial charge on any atom is -0.315 e. The number of alkyl halides is 3. The molecule has 132 valence electrons. The topological polar surface area (TPSA) is 52.2 Å². The van der Waals surface area contributed by atoms with Gasteiger partial charge in [0.05, 0.1) is 11.9 Å². The van der Waals surface area contributed by atoms with Gasteiger partial charge in [-0.05, 0) is 24.5 Å². The van der Waals surface area contributed by atoms with Crippen LogP contribution in [0.15, 0.2) is 41.6 Å². The van der Waals surface area contributed by atoms with Crippen LogP contribution in [0.5, 0.6) is 0 Å². The van der Waals surface area contributed by atoms with Crippen molar-refractivity contribution in [2.45, 2.75) is 33.0 Å². The lowest BCUT2D eigenvalue weighted by Gasteiger charge is -2.09. The quantitative estimate of drug-likeness (QED) is 0.722. The fourth-order valence-corrected chi connectivity index (χ4v) is 2.48. The molecular formula is C17H17F3N4O. The lowest BCUT2D eigenvalue weighted by atomic mass is 10.1. The van der Waals surface area contributed by atoms with Gasteiger partial charge in [0, 0.05) is 30.6 Å². The number of nitrogens with zero attached hydrogens (tertiary/aromatic N) is 4. The van der Waals surface area contributed by atoms with E-state index >= 15 is 0 Å². The smallest absolute Gasteiger partial charge is 0.315 e. The van der Waals surface area contributed by atoms with E-state index < -0.39 is 11.7 Å². The van der Waals surface area contributed by atoms with Crippen molar-refractivity contribution in [1.82, 2.24) is 19.2 Å². The summed E-state index contributed by atoms with van der Waals surface area (Å²) in [5.74, 6) is 0.471. The van der Waals surface area contributed by atoms with Gasteiger partial charge in [-0.1, -0.05) is 13.8 Å². The average molecular weight is 350 g/mol. The summed E-state index contributed by atoms with van der Waals surface area (Å²) < 4.78 is 41.7. The Bertz CT molecular complexity index is 956. The van der Waals surface area contributed by atoms with Crippen molar-refractivity contribution >= 4 is 5.65 Å². The van der Waals surface area contributed by atoms with Crippen molar-refractivity contribution in [3.8, 4) is 11.3 Å². The van der Waals surface area contributed by atoms with Crippen LogP contribution in [0, 0.1) is 5.92 Å². The van der Waals surface area contributed by atoms with Gasteiger partial charge in [0.15, 0.2) is 5.65 Å². The first kappa shape index (κ1) is 17.2. The molecule has 0 N–H and O–H groups in total. The number of hydrogen-bond acceptors (Lipinski definition) is 3. The van der Waals surface area contributed by atoms with Crippen molar-refractivity contribution in [1.29, 1.82) is 0 Å². The first-order valence-electron chi connectivity index (χ1n) is 7.88.